The van der Waals surface area contributed by atoms with E-state index in [9.17, 15) is 14.4 Å². The van der Waals surface area contributed by atoms with Gasteiger partial charge in [0, 0.05) is 19.3 Å². The largest absolute Gasteiger partial charge is 0.462 e. The van der Waals surface area contributed by atoms with E-state index in [4.69, 9.17) is 14.2 Å². The topological polar surface area (TPSA) is 78.9 Å². The monoisotopic (exact) mass is 1070 g/mol. The summed E-state index contributed by atoms with van der Waals surface area (Å²) in [4.78, 5) is 38.0. The summed E-state index contributed by atoms with van der Waals surface area (Å²) in [5.41, 5.74) is 0. The molecule has 0 aliphatic rings. The van der Waals surface area contributed by atoms with E-state index in [1.165, 1.54) is 186 Å². The second kappa shape index (κ2) is 65.1. The van der Waals surface area contributed by atoms with Gasteiger partial charge in [0.25, 0.3) is 0 Å². The molecule has 0 saturated carbocycles. The van der Waals surface area contributed by atoms with Gasteiger partial charge in [0.15, 0.2) is 6.10 Å². The quantitative estimate of drug-likeness (QED) is 0.0261. The molecule has 0 amide bonds. The standard InChI is InChI=1S/C71H124O6/c1-4-7-10-13-15-17-19-21-23-25-27-29-31-33-34-35-36-38-39-41-43-45-47-49-51-53-55-58-61-64-70(73)76-67-68(66-75-69(72)63-60-57-12-9-6-3)77-71(74)65-62-59-56-54-52-50-48-46-44-42-40-37-32-30-28-26-24-22-20-18-16-14-11-8-5-2/h7,10,15,17,20-23,26-29,32,37,68H,4-6,8-9,11-14,16,18-19,24-25,30-31,33-36,38-67H2,1-3H3/b10-7-,17-15-,22-20-,23-21-,28-26-,29-27-,37-32-. The van der Waals surface area contributed by atoms with Crippen molar-refractivity contribution in [2.24, 2.45) is 0 Å². The van der Waals surface area contributed by atoms with Gasteiger partial charge in [0.2, 0.25) is 0 Å². The third kappa shape index (κ3) is 63.3. The van der Waals surface area contributed by atoms with Crippen molar-refractivity contribution in [3.05, 3.63) is 85.1 Å². The molecule has 0 aromatic rings. The van der Waals surface area contributed by atoms with E-state index in [0.29, 0.717) is 19.3 Å². The molecule has 6 heteroatoms. The van der Waals surface area contributed by atoms with E-state index < -0.39 is 6.10 Å². The Bertz CT molecular complexity index is 1470. The maximum atomic E-state index is 12.8. The lowest BCUT2D eigenvalue weighted by molar-refractivity contribution is -0.167. The highest BCUT2D eigenvalue weighted by Gasteiger charge is 2.19. The van der Waals surface area contributed by atoms with E-state index in [1.54, 1.807) is 0 Å². The molecule has 444 valence electrons. The van der Waals surface area contributed by atoms with Gasteiger partial charge in [-0.05, 0) is 96.3 Å². The first kappa shape index (κ1) is 73.6. The van der Waals surface area contributed by atoms with E-state index in [0.717, 1.165) is 103 Å². The van der Waals surface area contributed by atoms with Crippen molar-refractivity contribution in [1.29, 1.82) is 0 Å². The van der Waals surface area contributed by atoms with Crippen LogP contribution in [0.2, 0.25) is 0 Å². The Hall–Kier alpha value is -3.41. The fourth-order valence-corrected chi connectivity index (χ4v) is 9.44. The number of esters is 3. The number of hydrogen-bond acceptors (Lipinski definition) is 6. The van der Waals surface area contributed by atoms with E-state index >= 15 is 0 Å². The third-order valence-electron chi connectivity index (χ3n) is 14.4. The molecule has 0 aromatic carbocycles. The Labute approximate surface area is 477 Å². The van der Waals surface area contributed by atoms with Gasteiger partial charge in [-0.2, -0.15) is 0 Å². The number of carbonyl (C=O) groups excluding carboxylic acids is 3. The van der Waals surface area contributed by atoms with Gasteiger partial charge in [-0.25, -0.2) is 0 Å². The summed E-state index contributed by atoms with van der Waals surface area (Å²) in [6.07, 6.45) is 86.5. The number of unbranched alkanes of at least 4 members (excludes halogenated alkanes) is 35. The fraction of sp³-hybridized carbons (Fsp3) is 0.761. The molecule has 0 aliphatic carbocycles. The van der Waals surface area contributed by atoms with Crippen molar-refractivity contribution in [2.45, 2.75) is 335 Å². The Morgan fingerprint density at radius 2 is 0.506 bits per heavy atom. The molecule has 0 rings (SSSR count). The summed E-state index contributed by atoms with van der Waals surface area (Å²) in [7, 11) is 0. The second-order valence-electron chi connectivity index (χ2n) is 22.0. The zero-order valence-corrected chi connectivity index (χ0v) is 51.0. The maximum Gasteiger partial charge on any atom is 0.306 e. The van der Waals surface area contributed by atoms with Gasteiger partial charge in [-0.3, -0.25) is 14.4 Å². The molecule has 0 fully saturated rings. The molecule has 0 aromatic heterocycles. The first-order valence-electron chi connectivity index (χ1n) is 33.1. The molecule has 6 nitrogen and oxygen atoms in total. The number of carbonyl (C=O) groups is 3. The van der Waals surface area contributed by atoms with E-state index in [1.807, 2.05) is 0 Å². The van der Waals surface area contributed by atoms with Crippen LogP contribution in [0.25, 0.3) is 0 Å². The van der Waals surface area contributed by atoms with Crippen molar-refractivity contribution in [3.63, 3.8) is 0 Å². The minimum Gasteiger partial charge on any atom is -0.462 e. The van der Waals surface area contributed by atoms with Crippen LogP contribution < -0.4 is 0 Å². The molecule has 0 radical (unpaired) electrons. The smallest absolute Gasteiger partial charge is 0.306 e. The lowest BCUT2D eigenvalue weighted by atomic mass is 10.0. The molecule has 77 heavy (non-hydrogen) atoms. The SMILES string of the molecule is CC/C=C\C/C=C\C/C=C\C/C=C\CCCCCCCCCCCCCCCCCCC(=O)OCC(COC(=O)CCCCCCC)OC(=O)CCCCCCCCCCCC/C=C\C/C=C\C/C=C\CCCCCCC. The zero-order chi connectivity index (χ0) is 55.7. The number of rotatable bonds is 60. The highest BCUT2D eigenvalue weighted by molar-refractivity contribution is 5.71. The molecule has 0 heterocycles. The number of hydrogen-bond donors (Lipinski definition) is 0. The summed E-state index contributed by atoms with van der Waals surface area (Å²) in [6.45, 7) is 6.46. The van der Waals surface area contributed by atoms with Crippen molar-refractivity contribution < 1.29 is 28.6 Å². The molecule has 0 spiro atoms. The maximum absolute atomic E-state index is 12.8. The number of allylic oxidation sites excluding steroid dienone is 14. The van der Waals surface area contributed by atoms with Crippen LogP contribution in [-0.2, 0) is 28.6 Å². The zero-order valence-electron chi connectivity index (χ0n) is 51.0. The van der Waals surface area contributed by atoms with E-state index in [-0.39, 0.29) is 31.1 Å². The van der Waals surface area contributed by atoms with Crippen LogP contribution in [0.1, 0.15) is 329 Å². The minimum absolute atomic E-state index is 0.0753. The van der Waals surface area contributed by atoms with Gasteiger partial charge < -0.3 is 14.2 Å². The van der Waals surface area contributed by atoms with Gasteiger partial charge >= 0.3 is 17.9 Å². The van der Waals surface area contributed by atoms with Crippen LogP contribution in [0.15, 0.2) is 85.1 Å². The summed E-state index contributed by atoms with van der Waals surface area (Å²) < 4.78 is 16.8. The van der Waals surface area contributed by atoms with Gasteiger partial charge in [0.1, 0.15) is 13.2 Å². The third-order valence-corrected chi connectivity index (χ3v) is 14.4. The predicted molar refractivity (Wildman–Crippen MR) is 334 cm³/mol. The van der Waals surface area contributed by atoms with Gasteiger partial charge in [-0.15, -0.1) is 0 Å². The Morgan fingerprint density at radius 1 is 0.273 bits per heavy atom. The molecule has 1 unspecified atom stereocenters. The normalized spacial score (nSPS) is 12.6. The molecule has 0 N–H and O–H groups in total. The van der Waals surface area contributed by atoms with Crippen LogP contribution in [0.3, 0.4) is 0 Å². The second-order valence-corrected chi connectivity index (χ2v) is 22.0. The number of ether oxygens (including phenoxy) is 3. The van der Waals surface area contributed by atoms with Crippen LogP contribution in [0.5, 0.6) is 0 Å². The van der Waals surface area contributed by atoms with Crippen LogP contribution >= 0.6 is 0 Å². The molecular weight excluding hydrogens is 949 g/mol. The first-order valence-corrected chi connectivity index (χ1v) is 33.1. The summed E-state index contributed by atoms with van der Waals surface area (Å²) in [5, 5.41) is 0. The highest BCUT2D eigenvalue weighted by atomic mass is 16.6. The molecule has 1 atom stereocenters. The van der Waals surface area contributed by atoms with Crippen LogP contribution in [0.4, 0.5) is 0 Å². The van der Waals surface area contributed by atoms with Crippen molar-refractivity contribution >= 4 is 17.9 Å². The Balaban J connectivity index is 4.01. The van der Waals surface area contributed by atoms with Crippen LogP contribution in [-0.4, -0.2) is 37.2 Å². The highest BCUT2D eigenvalue weighted by Crippen LogP contribution is 2.17. The average molecular weight is 1070 g/mol. The van der Waals surface area contributed by atoms with Gasteiger partial charge in [-0.1, -0.05) is 298 Å². The Morgan fingerprint density at radius 3 is 0.792 bits per heavy atom. The predicted octanol–water partition coefficient (Wildman–Crippen LogP) is 22.7. The Kier molecular flexibility index (Phi) is 62.2. The van der Waals surface area contributed by atoms with Crippen LogP contribution in [0, 0.1) is 0 Å². The van der Waals surface area contributed by atoms with Crippen molar-refractivity contribution in [3.8, 4) is 0 Å². The van der Waals surface area contributed by atoms with Gasteiger partial charge in [0.05, 0.1) is 0 Å². The van der Waals surface area contributed by atoms with Crippen molar-refractivity contribution in [1.82, 2.24) is 0 Å². The summed E-state index contributed by atoms with van der Waals surface area (Å²) in [5.74, 6) is -0.881. The lowest BCUT2D eigenvalue weighted by Crippen LogP contribution is -2.30. The minimum atomic E-state index is -0.775. The molecular formula is C71H124O6. The van der Waals surface area contributed by atoms with Crippen molar-refractivity contribution in [2.75, 3.05) is 13.2 Å². The van der Waals surface area contributed by atoms with E-state index in [2.05, 4.69) is 106 Å². The molecule has 0 aliphatic heterocycles. The lowest BCUT2D eigenvalue weighted by Gasteiger charge is -2.18. The summed E-state index contributed by atoms with van der Waals surface area (Å²) in [6, 6.07) is 0. The summed E-state index contributed by atoms with van der Waals surface area (Å²) >= 11 is 0. The fourth-order valence-electron chi connectivity index (χ4n) is 9.44. The molecule has 0 saturated heterocycles. The average Bonchev–Trinajstić information content (AvgIpc) is 3.43. The molecule has 0 bridgehead atoms. The first-order chi connectivity index (χ1) is 38.0.